The Labute approximate surface area is 188 Å². The highest BCUT2D eigenvalue weighted by Gasteiger charge is 2.25. The van der Waals surface area contributed by atoms with Crippen LogP contribution in [0, 0.1) is 0 Å². The van der Waals surface area contributed by atoms with E-state index in [2.05, 4.69) is 10.0 Å². The Morgan fingerprint density at radius 2 is 1.50 bits per heavy atom. The summed E-state index contributed by atoms with van der Waals surface area (Å²) in [6, 6.07) is 9.54. The van der Waals surface area contributed by atoms with E-state index in [1.165, 1.54) is 60.9 Å². The van der Waals surface area contributed by atoms with Crippen LogP contribution in [0.3, 0.4) is 0 Å². The first kappa shape index (κ1) is 24.0. The lowest BCUT2D eigenvalue weighted by Crippen LogP contribution is -2.31. The number of carbonyl (C=O) groups is 1. The summed E-state index contributed by atoms with van der Waals surface area (Å²) in [5, 5.41) is 2.44. The van der Waals surface area contributed by atoms with Crippen LogP contribution in [-0.4, -0.2) is 54.3 Å². The number of rotatable bonds is 7. The van der Waals surface area contributed by atoms with Crippen LogP contribution >= 0.6 is 0 Å². The summed E-state index contributed by atoms with van der Waals surface area (Å²) >= 11 is 0. The fraction of sp³-hybridized carbons (Fsp3) is 0.381. The summed E-state index contributed by atoms with van der Waals surface area (Å²) in [7, 11) is -4.83. The van der Waals surface area contributed by atoms with Gasteiger partial charge in [-0.25, -0.2) is 16.8 Å². The zero-order valence-electron chi connectivity index (χ0n) is 18.0. The second-order valence-corrected chi connectivity index (χ2v) is 11.0. The number of carbonyl (C=O) groups excluding carboxylic acids is 1. The fourth-order valence-electron chi connectivity index (χ4n) is 3.51. The number of ether oxygens (including phenoxy) is 1. The molecule has 1 amide bonds. The summed E-state index contributed by atoms with van der Waals surface area (Å²) in [6.07, 6.45) is 3.69. The molecule has 0 unspecified atom stereocenters. The van der Waals surface area contributed by atoms with E-state index in [-0.39, 0.29) is 26.8 Å². The van der Waals surface area contributed by atoms with Crippen molar-refractivity contribution in [3.8, 4) is 5.75 Å². The number of benzene rings is 2. The van der Waals surface area contributed by atoms with Gasteiger partial charge in [0.25, 0.3) is 15.9 Å². The molecule has 0 spiro atoms. The average Bonchev–Trinajstić information content (AvgIpc) is 3.08. The first-order chi connectivity index (χ1) is 15.2. The number of nitrogens with one attached hydrogen (secondary N) is 2. The molecule has 3 rings (SSSR count). The Morgan fingerprint density at radius 1 is 0.906 bits per heavy atom. The molecule has 0 bridgehead atoms. The minimum Gasteiger partial charge on any atom is -0.496 e. The van der Waals surface area contributed by atoms with Crippen molar-refractivity contribution in [2.75, 3.05) is 32.0 Å². The maximum absolute atomic E-state index is 12.9. The van der Waals surface area contributed by atoms with Crippen LogP contribution in [0.1, 0.15) is 36.0 Å². The molecule has 0 radical (unpaired) electrons. The maximum Gasteiger partial charge on any atom is 0.261 e. The summed E-state index contributed by atoms with van der Waals surface area (Å²) < 4.78 is 60.4. The highest BCUT2D eigenvalue weighted by atomic mass is 32.2. The molecule has 0 aliphatic carbocycles. The molecule has 1 heterocycles. The Morgan fingerprint density at radius 3 is 2.06 bits per heavy atom. The number of hydrogen-bond acceptors (Lipinski definition) is 6. The Balaban J connectivity index is 1.82. The van der Waals surface area contributed by atoms with Gasteiger partial charge in [0.05, 0.1) is 22.5 Å². The number of sulfonamides is 2. The third-order valence-corrected chi connectivity index (χ3v) is 8.55. The van der Waals surface area contributed by atoms with Gasteiger partial charge < -0.3 is 10.1 Å². The quantitative estimate of drug-likeness (QED) is 0.626. The second-order valence-electron chi connectivity index (χ2n) is 7.39. The first-order valence-corrected chi connectivity index (χ1v) is 13.1. The number of amides is 1. The van der Waals surface area contributed by atoms with E-state index in [0.717, 1.165) is 25.7 Å². The van der Waals surface area contributed by atoms with Crippen molar-refractivity contribution in [3.05, 3.63) is 48.0 Å². The molecule has 1 aliphatic heterocycles. The Bertz CT molecular complexity index is 1170. The zero-order chi connectivity index (χ0) is 23.4. The number of methoxy groups -OCH3 is 1. The van der Waals surface area contributed by atoms with Crippen LogP contribution < -0.4 is 14.8 Å². The Kier molecular flexibility index (Phi) is 7.42. The smallest absolute Gasteiger partial charge is 0.261 e. The van der Waals surface area contributed by atoms with Crippen LogP contribution in [0.15, 0.2) is 52.3 Å². The summed E-state index contributed by atoms with van der Waals surface area (Å²) in [5.74, 6) is -0.242. The van der Waals surface area contributed by atoms with E-state index in [4.69, 9.17) is 4.74 Å². The van der Waals surface area contributed by atoms with Gasteiger partial charge >= 0.3 is 0 Å². The molecule has 1 fully saturated rings. The summed E-state index contributed by atoms with van der Waals surface area (Å²) in [5.41, 5.74) is 0.286. The summed E-state index contributed by atoms with van der Waals surface area (Å²) in [6.45, 7) is 0.976. The van der Waals surface area contributed by atoms with Crippen molar-refractivity contribution in [2.45, 2.75) is 35.5 Å². The molecule has 0 saturated carbocycles. The van der Waals surface area contributed by atoms with Gasteiger partial charge in [-0.3, -0.25) is 9.52 Å². The Hall–Kier alpha value is -2.63. The SMILES string of the molecule is CNC(=O)c1cc(S(=O)(=O)Nc2ccc(S(=O)(=O)N3CCCCCC3)cc2)ccc1OC. The van der Waals surface area contributed by atoms with Gasteiger partial charge in [0, 0.05) is 25.8 Å². The zero-order valence-corrected chi connectivity index (χ0v) is 19.6. The maximum atomic E-state index is 12.9. The van der Waals surface area contributed by atoms with Gasteiger partial charge in [-0.05, 0) is 55.3 Å². The lowest BCUT2D eigenvalue weighted by atomic mass is 10.2. The van der Waals surface area contributed by atoms with E-state index in [1.54, 1.807) is 0 Å². The summed E-state index contributed by atoms with van der Waals surface area (Å²) in [4.78, 5) is 12.0. The molecule has 174 valence electrons. The van der Waals surface area contributed by atoms with E-state index < -0.39 is 26.0 Å². The van der Waals surface area contributed by atoms with Gasteiger partial charge in [0.15, 0.2) is 0 Å². The van der Waals surface area contributed by atoms with Crippen LogP contribution in [-0.2, 0) is 20.0 Å². The van der Waals surface area contributed by atoms with Crippen LogP contribution in [0.4, 0.5) is 5.69 Å². The predicted octanol–water partition coefficient (Wildman–Crippen LogP) is 2.42. The first-order valence-electron chi connectivity index (χ1n) is 10.2. The number of hydrogen-bond donors (Lipinski definition) is 2. The molecule has 0 aromatic heterocycles. The monoisotopic (exact) mass is 481 g/mol. The van der Waals surface area contributed by atoms with Crippen molar-refractivity contribution in [1.82, 2.24) is 9.62 Å². The van der Waals surface area contributed by atoms with E-state index in [0.29, 0.717) is 13.1 Å². The molecule has 1 aliphatic rings. The average molecular weight is 482 g/mol. The van der Waals surface area contributed by atoms with Crippen LogP contribution in [0.25, 0.3) is 0 Å². The fourth-order valence-corrected chi connectivity index (χ4v) is 6.11. The highest BCUT2D eigenvalue weighted by Crippen LogP contribution is 2.26. The standard InChI is InChI=1S/C21H27N3O6S2/c1-22-21(25)19-15-18(11-12-20(19)30-2)31(26,27)23-16-7-9-17(10-8-16)32(28,29)24-13-5-3-4-6-14-24/h7-12,15,23H,3-6,13-14H2,1-2H3,(H,22,25). The molecule has 32 heavy (non-hydrogen) atoms. The molecule has 2 N–H and O–H groups in total. The third kappa shape index (κ3) is 5.22. The predicted molar refractivity (Wildman–Crippen MR) is 121 cm³/mol. The van der Waals surface area contributed by atoms with E-state index in [1.807, 2.05) is 0 Å². The topological polar surface area (TPSA) is 122 Å². The molecule has 0 atom stereocenters. The van der Waals surface area contributed by atoms with Crippen molar-refractivity contribution in [2.24, 2.45) is 0 Å². The van der Waals surface area contributed by atoms with Crippen molar-refractivity contribution in [3.63, 3.8) is 0 Å². The van der Waals surface area contributed by atoms with E-state index >= 15 is 0 Å². The van der Waals surface area contributed by atoms with Crippen molar-refractivity contribution in [1.29, 1.82) is 0 Å². The normalized spacial score (nSPS) is 15.6. The van der Waals surface area contributed by atoms with Crippen LogP contribution in [0.5, 0.6) is 5.75 Å². The highest BCUT2D eigenvalue weighted by molar-refractivity contribution is 7.92. The van der Waals surface area contributed by atoms with Gasteiger partial charge in [-0.1, -0.05) is 12.8 Å². The molecule has 2 aromatic rings. The van der Waals surface area contributed by atoms with Gasteiger partial charge in [-0.15, -0.1) is 0 Å². The molecular formula is C21H27N3O6S2. The van der Waals surface area contributed by atoms with Gasteiger partial charge in [0.2, 0.25) is 10.0 Å². The lowest BCUT2D eigenvalue weighted by Gasteiger charge is -2.20. The van der Waals surface area contributed by atoms with Gasteiger partial charge in [0.1, 0.15) is 5.75 Å². The molecular weight excluding hydrogens is 454 g/mol. The third-order valence-electron chi connectivity index (χ3n) is 5.26. The van der Waals surface area contributed by atoms with Crippen LogP contribution in [0.2, 0.25) is 0 Å². The minimum atomic E-state index is -4.02. The number of nitrogens with zero attached hydrogens (tertiary/aromatic N) is 1. The molecule has 1 saturated heterocycles. The number of anilines is 1. The van der Waals surface area contributed by atoms with E-state index in [9.17, 15) is 21.6 Å². The largest absolute Gasteiger partial charge is 0.496 e. The molecule has 2 aromatic carbocycles. The lowest BCUT2D eigenvalue weighted by molar-refractivity contribution is 0.0960. The second kappa shape index (κ2) is 9.88. The molecule has 11 heteroatoms. The van der Waals surface area contributed by atoms with Crippen molar-refractivity contribution < 1.29 is 26.4 Å². The minimum absolute atomic E-state index is 0.0803. The molecule has 9 nitrogen and oxygen atoms in total. The van der Waals surface area contributed by atoms with Gasteiger partial charge in [-0.2, -0.15) is 4.31 Å². The van der Waals surface area contributed by atoms with Crippen molar-refractivity contribution >= 4 is 31.6 Å².